The van der Waals surface area contributed by atoms with Crippen LogP contribution in [0.5, 0.6) is 5.75 Å². The Balaban J connectivity index is 3.13. The van der Waals surface area contributed by atoms with E-state index in [4.69, 9.17) is 4.74 Å². The van der Waals surface area contributed by atoms with Crippen molar-refractivity contribution in [2.75, 3.05) is 0 Å². The van der Waals surface area contributed by atoms with Crippen molar-refractivity contribution in [2.45, 2.75) is 50.0 Å². The summed E-state index contributed by atoms with van der Waals surface area (Å²) in [7, 11) is 0. The van der Waals surface area contributed by atoms with Gasteiger partial charge in [0.15, 0.2) is 5.75 Å². The van der Waals surface area contributed by atoms with Crippen LogP contribution in [0.3, 0.4) is 0 Å². The minimum Gasteiger partial charge on any atom is -0.484 e. The number of hydrogen-bond acceptors (Lipinski definition) is 5. The van der Waals surface area contributed by atoms with E-state index in [9.17, 15) is 15.2 Å². The van der Waals surface area contributed by atoms with Crippen LogP contribution in [0, 0.1) is 10.1 Å². The number of rotatable bonds is 6. The fourth-order valence-electron chi connectivity index (χ4n) is 1.43. The zero-order valence-electron chi connectivity index (χ0n) is 11.5. The smallest absolute Gasteiger partial charge is 0.324 e. The van der Waals surface area contributed by atoms with E-state index in [2.05, 4.69) is 0 Å². The molecule has 0 saturated carbocycles. The predicted octanol–water partition coefficient (Wildman–Crippen LogP) is 3.24. The summed E-state index contributed by atoms with van der Waals surface area (Å²) in [6.07, 6.45) is -0.674. The second-order valence-corrected chi connectivity index (χ2v) is 6.01. The molecule has 0 amide bonds. The third-order valence-corrected chi connectivity index (χ3v) is 3.85. The number of benzene rings is 1. The van der Waals surface area contributed by atoms with Crippen molar-refractivity contribution in [3.63, 3.8) is 0 Å². The van der Waals surface area contributed by atoms with E-state index in [-0.39, 0.29) is 22.8 Å². The van der Waals surface area contributed by atoms with Crippen molar-refractivity contribution >= 4 is 17.4 Å². The highest BCUT2D eigenvalue weighted by Crippen LogP contribution is 2.39. The highest BCUT2D eigenvalue weighted by atomic mass is 32.2. The van der Waals surface area contributed by atoms with Crippen molar-refractivity contribution in [1.29, 1.82) is 0 Å². The zero-order chi connectivity index (χ0) is 14.6. The molecule has 0 aliphatic heterocycles. The van der Waals surface area contributed by atoms with Gasteiger partial charge in [0.2, 0.25) is 0 Å². The maximum absolute atomic E-state index is 11.2. The average molecular weight is 285 g/mol. The van der Waals surface area contributed by atoms with Gasteiger partial charge in [-0.1, -0.05) is 13.0 Å². The first-order valence-electron chi connectivity index (χ1n) is 6.11. The monoisotopic (exact) mass is 285 g/mol. The van der Waals surface area contributed by atoms with Crippen LogP contribution in [-0.2, 0) is 0 Å². The van der Waals surface area contributed by atoms with Gasteiger partial charge >= 0.3 is 5.69 Å². The molecule has 0 aliphatic carbocycles. The molecule has 5 nitrogen and oxygen atoms in total. The highest BCUT2D eigenvalue weighted by molar-refractivity contribution is 8.00. The van der Waals surface area contributed by atoms with Crippen molar-refractivity contribution < 1.29 is 14.8 Å². The van der Waals surface area contributed by atoms with Gasteiger partial charge in [0.05, 0.1) is 22.0 Å². The van der Waals surface area contributed by atoms with Crippen molar-refractivity contribution in [3.8, 4) is 5.75 Å². The Bertz CT molecular complexity index is 448. The van der Waals surface area contributed by atoms with Crippen LogP contribution in [-0.4, -0.2) is 27.5 Å². The molecule has 0 fully saturated rings. The molecule has 1 rings (SSSR count). The summed E-state index contributed by atoms with van der Waals surface area (Å²) in [6.45, 7) is 7.14. The van der Waals surface area contributed by atoms with E-state index in [1.165, 1.54) is 11.8 Å². The van der Waals surface area contributed by atoms with Crippen LogP contribution in [0.1, 0.15) is 27.7 Å². The number of nitro groups is 1. The maximum Gasteiger partial charge on any atom is 0.324 e. The van der Waals surface area contributed by atoms with Gasteiger partial charge in [0, 0.05) is 5.25 Å². The third-order valence-electron chi connectivity index (χ3n) is 2.50. The number of para-hydroxylation sites is 1. The fourth-order valence-corrected chi connectivity index (χ4v) is 2.47. The van der Waals surface area contributed by atoms with Crippen LogP contribution in [0.2, 0.25) is 0 Å². The molecular formula is C13H19NO4S. The van der Waals surface area contributed by atoms with E-state index in [0.29, 0.717) is 4.90 Å². The molecule has 106 valence electrons. The zero-order valence-corrected chi connectivity index (χ0v) is 12.3. The van der Waals surface area contributed by atoms with Crippen LogP contribution < -0.4 is 4.74 Å². The third kappa shape index (κ3) is 4.40. The second kappa shape index (κ2) is 6.77. The van der Waals surface area contributed by atoms with E-state index < -0.39 is 11.0 Å². The number of hydrogen-bond donors (Lipinski definition) is 1. The summed E-state index contributed by atoms with van der Waals surface area (Å²) in [4.78, 5) is 11.3. The van der Waals surface area contributed by atoms with Gasteiger partial charge < -0.3 is 9.84 Å². The summed E-state index contributed by atoms with van der Waals surface area (Å²) in [5, 5.41) is 20.6. The molecule has 6 heteroatoms. The molecule has 0 heterocycles. The molecule has 1 aromatic carbocycles. The lowest BCUT2D eigenvalue weighted by Gasteiger charge is -2.16. The molecule has 1 aromatic rings. The van der Waals surface area contributed by atoms with Crippen LogP contribution >= 0.6 is 11.8 Å². The van der Waals surface area contributed by atoms with Gasteiger partial charge in [-0.2, -0.15) is 0 Å². The Morgan fingerprint density at radius 1 is 1.32 bits per heavy atom. The van der Waals surface area contributed by atoms with Gasteiger partial charge in [-0.25, -0.2) is 0 Å². The van der Waals surface area contributed by atoms with Gasteiger partial charge in [-0.05, 0) is 32.9 Å². The lowest BCUT2D eigenvalue weighted by molar-refractivity contribution is -0.388. The number of thioether (sulfide) groups is 1. The van der Waals surface area contributed by atoms with Gasteiger partial charge in [0.25, 0.3) is 0 Å². The first-order valence-corrected chi connectivity index (χ1v) is 6.99. The standard InChI is InChI=1S/C13H19NO4S/c1-8(2)18-11-6-5-7-12(13(11)14(16)17)19-10(4)9(3)15/h5-10,15H,1-4H3. The first-order chi connectivity index (χ1) is 8.82. The van der Waals surface area contributed by atoms with E-state index in [0.717, 1.165) is 0 Å². The number of nitrogens with zero attached hydrogens (tertiary/aromatic N) is 1. The SMILES string of the molecule is CC(C)Oc1cccc(SC(C)C(C)O)c1[N+](=O)[O-]. The van der Waals surface area contributed by atoms with Crippen LogP contribution in [0.15, 0.2) is 23.1 Å². The molecule has 0 spiro atoms. The predicted molar refractivity (Wildman–Crippen MR) is 75.9 cm³/mol. The number of nitro benzene ring substituents is 1. The molecule has 19 heavy (non-hydrogen) atoms. The Labute approximate surface area is 117 Å². The van der Waals surface area contributed by atoms with Gasteiger partial charge in [-0.15, -0.1) is 11.8 Å². The summed E-state index contributed by atoms with van der Waals surface area (Å²) in [5.74, 6) is 0.266. The highest BCUT2D eigenvalue weighted by Gasteiger charge is 2.24. The second-order valence-electron chi connectivity index (χ2n) is 4.59. The number of ether oxygens (including phenoxy) is 1. The molecule has 2 unspecified atom stereocenters. The Kier molecular flexibility index (Phi) is 5.62. The molecule has 2 atom stereocenters. The average Bonchev–Trinajstić information content (AvgIpc) is 2.27. The maximum atomic E-state index is 11.2. The summed E-state index contributed by atoms with van der Waals surface area (Å²) in [5.41, 5.74) is -0.0336. The first kappa shape index (κ1) is 15.8. The van der Waals surface area contributed by atoms with Crippen molar-refractivity contribution in [1.82, 2.24) is 0 Å². The molecule has 1 N–H and O–H groups in total. The lowest BCUT2D eigenvalue weighted by atomic mass is 10.3. The van der Waals surface area contributed by atoms with Crippen LogP contribution in [0.25, 0.3) is 0 Å². The Hall–Kier alpha value is -1.27. The molecule has 0 bridgehead atoms. The minimum atomic E-state index is -0.542. The lowest BCUT2D eigenvalue weighted by Crippen LogP contribution is -2.15. The minimum absolute atomic E-state index is 0.0336. The Morgan fingerprint density at radius 3 is 2.42 bits per heavy atom. The topological polar surface area (TPSA) is 72.6 Å². The number of aliphatic hydroxyl groups is 1. The Morgan fingerprint density at radius 2 is 1.95 bits per heavy atom. The molecule has 0 saturated heterocycles. The van der Waals surface area contributed by atoms with Crippen molar-refractivity contribution in [2.24, 2.45) is 0 Å². The van der Waals surface area contributed by atoms with Gasteiger partial charge in [0.1, 0.15) is 0 Å². The number of aliphatic hydroxyl groups excluding tert-OH is 1. The summed E-state index contributed by atoms with van der Waals surface area (Å²) >= 11 is 1.28. The van der Waals surface area contributed by atoms with Crippen molar-refractivity contribution in [3.05, 3.63) is 28.3 Å². The molecule has 0 aliphatic rings. The van der Waals surface area contributed by atoms with E-state index in [1.807, 2.05) is 20.8 Å². The van der Waals surface area contributed by atoms with E-state index in [1.54, 1.807) is 25.1 Å². The molecule has 0 radical (unpaired) electrons. The largest absolute Gasteiger partial charge is 0.484 e. The summed E-state index contributed by atoms with van der Waals surface area (Å²) in [6, 6.07) is 4.99. The van der Waals surface area contributed by atoms with E-state index >= 15 is 0 Å². The normalized spacial score (nSPS) is 14.2. The molecule has 0 aromatic heterocycles. The molecular weight excluding hydrogens is 266 g/mol. The summed E-state index contributed by atoms with van der Waals surface area (Å²) < 4.78 is 5.47. The van der Waals surface area contributed by atoms with Gasteiger partial charge in [-0.3, -0.25) is 10.1 Å². The van der Waals surface area contributed by atoms with Crippen LogP contribution in [0.4, 0.5) is 5.69 Å². The fraction of sp³-hybridized carbons (Fsp3) is 0.538. The quantitative estimate of drug-likeness (QED) is 0.493.